The van der Waals surface area contributed by atoms with Gasteiger partial charge in [0, 0.05) is 0 Å². The van der Waals surface area contributed by atoms with Gasteiger partial charge in [0.25, 0.3) is 5.91 Å². The fourth-order valence-corrected chi connectivity index (χ4v) is 4.06. The van der Waals surface area contributed by atoms with Gasteiger partial charge in [-0.05, 0) is 59.8 Å². The Balaban J connectivity index is 1.75. The molecule has 0 saturated carbocycles. The van der Waals surface area contributed by atoms with Crippen molar-refractivity contribution in [3.63, 3.8) is 0 Å². The van der Waals surface area contributed by atoms with Gasteiger partial charge in [-0.2, -0.15) is 10.1 Å². The molecule has 0 spiro atoms. The Bertz CT molecular complexity index is 1260. The highest BCUT2D eigenvalue weighted by molar-refractivity contribution is 8.26. The van der Waals surface area contributed by atoms with Crippen molar-refractivity contribution in [2.75, 3.05) is 27.4 Å². The van der Waals surface area contributed by atoms with Crippen LogP contribution in [-0.2, 0) is 14.4 Å². The van der Waals surface area contributed by atoms with Gasteiger partial charge in [-0.3, -0.25) is 4.79 Å². The van der Waals surface area contributed by atoms with E-state index < -0.39 is 31.1 Å². The number of amides is 1. The van der Waals surface area contributed by atoms with Gasteiger partial charge in [-0.25, -0.2) is 9.59 Å². The Hall–Kier alpha value is -4.10. The molecule has 1 fully saturated rings. The summed E-state index contributed by atoms with van der Waals surface area (Å²) in [5, 5.41) is 22.8. The standard InChI is InChI=1S/C23H20N2O9S2/c1-31-17-7-13(3-5-15(17)33-11-20(26)27)9-19-22(30)25(23(35)36-19)24-10-14-4-6-16(18(8-14)32-2)34-12-21(28)29/h3-10H,11-12H2,1-2H3,(H,26,27)(H,28,29)/b19-9+,24-10+. The van der Waals surface area contributed by atoms with Crippen LogP contribution in [-0.4, -0.2) is 71.0 Å². The van der Waals surface area contributed by atoms with E-state index >= 15 is 0 Å². The van der Waals surface area contributed by atoms with Crippen LogP contribution in [0, 0.1) is 0 Å². The number of carboxylic acids is 2. The lowest BCUT2D eigenvalue weighted by atomic mass is 10.2. The first-order valence-corrected chi connectivity index (χ1v) is 11.3. The average molecular weight is 533 g/mol. The summed E-state index contributed by atoms with van der Waals surface area (Å²) < 4.78 is 21.0. The number of rotatable bonds is 11. The molecule has 3 rings (SSSR count). The second kappa shape index (κ2) is 12.0. The zero-order valence-corrected chi connectivity index (χ0v) is 20.6. The van der Waals surface area contributed by atoms with Crippen LogP contribution < -0.4 is 18.9 Å². The van der Waals surface area contributed by atoms with Crippen molar-refractivity contribution in [2.45, 2.75) is 0 Å². The SMILES string of the molecule is COc1cc(/C=N/N2C(=O)/C(=C\c3ccc(OCC(=O)O)c(OC)c3)SC2=S)ccc1OCC(=O)O. The number of benzene rings is 2. The summed E-state index contributed by atoms with van der Waals surface area (Å²) in [6.07, 6.45) is 3.02. The van der Waals surface area contributed by atoms with Crippen LogP contribution in [0.2, 0.25) is 0 Å². The maximum Gasteiger partial charge on any atom is 0.341 e. The van der Waals surface area contributed by atoms with Crippen molar-refractivity contribution in [3.8, 4) is 23.0 Å². The third-order valence-electron chi connectivity index (χ3n) is 4.47. The molecule has 11 nitrogen and oxygen atoms in total. The topological polar surface area (TPSA) is 144 Å². The third kappa shape index (κ3) is 6.73. The summed E-state index contributed by atoms with van der Waals surface area (Å²) in [6.45, 7) is -1.03. The molecule has 1 amide bonds. The second-order valence-corrected chi connectivity index (χ2v) is 8.60. The van der Waals surface area contributed by atoms with Gasteiger partial charge >= 0.3 is 11.9 Å². The van der Waals surface area contributed by atoms with E-state index in [0.29, 0.717) is 27.5 Å². The lowest BCUT2D eigenvalue weighted by molar-refractivity contribution is -0.140. The molecule has 1 aliphatic heterocycles. The smallest absolute Gasteiger partial charge is 0.341 e. The van der Waals surface area contributed by atoms with Gasteiger partial charge in [0.15, 0.2) is 40.5 Å². The molecule has 1 saturated heterocycles. The molecule has 0 atom stereocenters. The predicted octanol–water partition coefficient (Wildman–Crippen LogP) is 2.87. The predicted molar refractivity (Wildman–Crippen MR) is 135 cm³/mol. The first-order chi connectivity index (χ1) is 17.2. The minimum absolute atomic E-state index is 0.226. The summed E-state index contributed by atoms with van der Waals surface area (Å²) in [7, 11) is 2.83. The van der Waals surface area contributed by atoms with Crippen molar-refractivity contribution < 1.29 is 43.5 Å². The number of hydrogen-bond acceptors (Lipinski definition) is 10. The molecule has 188 valence electrons. The Kier molecular flexibility index (Phi) is 8.86. The van der Waals surface area contributed by atoms with Crippen LogP contribution >= 0.6 is 24.0 Å². The van der Waals surface area contributed by atoms with E-state index in [1.165, 1.54) is 26.5 Å². The number of nitrogens with zero attached hydrogens (tertiary/aromatic N) is 2. The van der Waals surface area contributed by atoms with E-state index in [4.69, 9.17) is 41.4 Å². The second-order valence-electron chi connectivity index (χ2n) is 6.92. The Labute approximate surface area is 214 Å². The Morgan fingerprint density at radius 3 is 2.00 bits per heavy atom. The number of aliphatic carboxylic acids is 2. The van der Waals surface area contributed by atoms with Crippen LogP contribution in [0.3, 0.4) is 0 Å². The fourth-order valence-electron chi connectivity index (χ4n) is 2.89. The van der Waals surface area contributed by atoms with Crippen molar-refractivity contribution in [1.29, 1.82) is 0 Å². The molecule has 1 aliphatic rings. The third-order valence-corrected chi connectivity index (χ3v) is 5.75. The molecule has 13 heteroatoms. The average Bonchev–Trinajstić information content (AvgIpc) is 3.12. The molecule has 1 heterocycles. The number of methoxy groups -OCH3 is 2. The number of hydrogen-bond donors (Lipinski definition) is 2. The molecule has 36 heavy (non-hydrogen) atoms. The number of thioether (sulfide) groups is 1. The van der Waals surface area contributed by atoms with Crippen LogP contribution in [0.4, 0.5) is 0 Å². The summed E-state index contributed by atoms with van der Waals surface area (Å²) in [4.78, 5) is 34.7. The first-order valence-electron chi connectivity index (χ1n) is 10.1. The highest BCUT2D eigenvalue weighted by Gasteiger charge is 2.32. The highest BCUT2D eigenvalue weighted by atomic mass is 32.2. The molecule has 0 unspecified atom stereocenters. The highest BCUT2D eigenvalue weighted by Crippen LogP contribution is 2.35. The molecule has 2 N–H and O–H groups in total. The van der Waals surface area contributed by atoms with E-state index in [0.717, 1.165) is 16.8 Å². The lowest BCUT2D eigenvalue weighted by Gasteiger charge is -2.10. The normalized spacial score (nSPS) is 14.4. The van der Waals surface area contributed by atoms with Crippen LogP contribution in [0.25, 0.3) is 6.08 Å². The molecule has 0 aliphatic carbocycles. The zero-order chi connectivity index (χ0) is 26.2. The largest absolute Gasteiger partial charge is 0.493 e. The summed E-state index contributed by atoms with van der Waals surface area (Å²) in [5.74, 6) is -1.56. The van der Waals surface area contributed by atoms with Crippen LogP contribution in [0.5, 0.6) is 23.0 Å². The number of ether oxygens (including phenoxy) is 4. The molecule has 0 bridgehead atoms. The number of carbonyl (C=O) groups is 3. The lowest BCUT2D eigenvalue weighted by Crippen LogP contribution is -2.22. The van der Waals surface area contributed by atoms with Crippen molar-refractivity contribution in [2.24, 2.45) is 5.10 Å². The van der Waals surface area contributed by atoms with Gasteiger partial charge < -0.3 is 29.2 Å². The van der Waals surface area contributed by atoms with Gasteiger partial charge in [0.05, 0.1) is 25.3 Å². The Morgan fingerprint density at radius 2 is 1.47 bits per heavy atom. The van der Waals surface area contributed by atoms with Crippen molar-refractivity contribution in [1.82, 2.24) is 5.01 Å². The van der Waals surface area contributed by atoms with E-state index in [9.17, 15) is 14.4 Å². The van der Waals surface area contributed by atoms with E-state index in [2.05, 4.69) is 5.10 Å². The molecule has 0 radical (unpaired) electrons. The van der Waals surface area contributed by atoms with Crippen molar-refractivity contribution >= 4 is 58.4 Å². The Morgan fingerprint density at radius 1 is 0.944 bits per heavy atom. The summed E-state index contributed by atoms with van der Waals surface area (Å²) in [5.41, 5.74) is 1.18. The van der Waals surface area contributed by atoms with Crippen molar-refractivity contribution in [3.05, 3.63) is 52.4 Å². The van der Waals surface area contributed by atoms with Gasteiger partial charge in [0.2, 0.25) is 0 Å². The quantitative estimate of drug-likeness (QED) is 0.250. The zero-order valence-electron chi connectivity index (χ0n) is 19.0. The number of hydrazone groups is 1. The van der Waals surface area contributed by atoms with E-state index in [1.54, 1.807) is 36.4 Å². The van der Waals surface area contributed by atoms with Crippen LogP contribution in [0.1, 0.15) is 11.1 Å². The molecular formula is C23H20N2O9S2. The maximum absolute atomic E-state index is 12.9. The minimum Gasteiger partial charge on any atom is -0.493 e. The first kappa shape index (κ1) is 26.5. The van der Waals surface area contributed by atoms with Gasteiger partial charge in [-0.1, -0.05) is 17.8 Å². The number of carboxylic acid groups (broad SMARTS) is 2. The van der Waals surface area contributed by atoms with E-state index in [-0.39, 0.29) is 15.8 Å². The molecular weight excluding hydrogens is 512 g/mol. The van der Waals surface area contributed by atoms with E-state index in [1.807, 2.05) is 0 Å². The summed E-state index contributed by atoms with van der Waals surface area (Å²) >= 11 is 6.36. The van der Waals surface area contributed by atoms with Gasteiger partial charge in [-0.15, -0.1) is 0 Å². The van der Waals surface area contributed by atoms with Gasteiger partial charge in [0.1, 0.15) is 0 Å². The number of thiocarbonyl (C=S) groups is 1. The fraction of sp³-hybridized carbons (Fsp3) is 0.174. The minimum atomic E-state index is -1.12. The molecule has 0 aromatic heterocycles. The molecule has 2 aromatic carbocycles. The molecule has 2 aromatic rings. The summed E-state index contributed by atoms with van der Waals surface area (Å²) in [6, 6.07) is 9.53. The maximum atomic E-state index is 12.9. The van der Waals surface area contributed by atoms with Crippen LogP contribution in [0.15, 0.2) is 46.4 Å². The monoisotopic (exact) mass is 532 g/mol. The number of carbonyl (C=O) groups excluding carboxylic acids is 1.